The third-order valence-corrected chi connectivity index (χ3v) is 11.6. The summed E-state index contributed by atoms with van der Waals surface area (Å²) in [5.41, 5.74) is 8.30. The van der Waals surface area contributed by atoms with Crippen LogP contribution in [-0.2, 0) is 22.3 Å². The van der Waals surface area contributed by atoms with Crippen LogP contribution in [-0.4, -0.2) is 122 Å². The van der Waals surface area contributed by atoms with E-state index >= 15 is 0 Å². The van der Waals surface area contributed by atoms with Crippen LogP contribution in [0.15, 0.2) is 36.4 Å². The molecular weight excluding hydrogens is 580 g/mol. The third-order valence-electron chi connectivity index (χ3n) is 11.6. The monoisotopic (exact) mass is 626 g/mol. The number of fused-ring (bicyclic) bond motifs is 14. The van der Waals surface area contributed by atoms with Crippen LogP contribution in [0.5, 0.6) is 11.5 Å². The zero-order chi connectivity index (χ0) is 30.8. The number of hydrogen-bond donors (Lipinski definition) is 2. The summed E-state index contributed by atoms with van der Waals surface area (Å²) in [6.07, 6.45) is 5.52. The van der Waals surface area contributed by atoms with Crippen molar-refractivity contribution in [2.45, 2.75) is 50.1 Å². The van der Waals surface area contributed by atoms with Crippen molar-refractivity contribution in [1.29, 1.82) is 0 Å². The minimum Gasteiger partial charge on any atom is -0.497 e. The molecular formula is C36H46N6O4. The van der Waals surface area contributed by atoms with E-state index in [1.54, 1.807) is 14.2 Å². The molecule has 0 amide bonds. The Morgan fingerprint density at radius 3 is 1.57 bits per heavy atom. The van der Waals surface area contributed by atoms with Crippen LogP contribution in [0.2, 0.25) is 0 Å². The zero-order valence-electron chi connectivity index (χ0n) is 27.1. The van der Waals surface area contributed by atoms with Gasteiger partial charge in [0.15, 0.2) is 0 Å². The predicted molar refractivity (Wildman–Crippen MR) is 178 cm³/mol. The lowest BCUT2D eigenvalue weighted by Gasteiger charge is -2.51. The lowest BCUT2D eigenvalue weighted by atomic mass is 9.92. The highest BCUT2D eigenvalue weighted by Gasteiger charge is 2.43. The molecule has 0 saturated carbocycles. The van der Waals surface area contributed by atoms with E-state index in [1.165, 1.54) is 70.3 Å². The Morgan fingerprint density at radius 1 is 0.630 bits per heavy atom. The minimum atomic E-state index is 0.455. The quantitative estimate of drug-likeness (QED) is 0.342. The number of aromatic amines is 2. The van der Waals surface area contributed by atoms with E-state index in [1.807, 2.05) is 12.1 Å². The molecule has 6 aliphatic heterocycles. The molecule has 0 aliphatic carbocycles. The first-order valence-corrected chi connectivity index (χ1v) is 17.2. The summed E-state index contributed by atoms with van der Waals surface area (Å²) in [5, 5.41) is 2.67. The van der Waals surface area contributed by atoms with Gasteiger partial charge in [0.05, 0.1) is 65.1 Å². The number of aromatic nitrogens is 2. The first-order chi connectivity index (χ1) is 22.7. The Morgan fingerprint density at radius 2 is 1.11 bits per heavy atom. The van der Waals surface area contributed by atoms with Gasteiger partial charge in [0.25, 0.3) is 0 Å². The standard InChI is InChI=1S/2C18H23N3O2/c2*1-22-12-2-3-15-14(10-12)13-4-7-21-16(18(13)19-15)5-6-20-8-9-23-11-17(20)21/h2*2-3,10,16-17,19H,4-9,11H2,1H3/t2*16-,17-/m10/s1. The molecule has 6 aliphatic rings. The highest BCUT2D eigenvalue weighted by molar-refractivity contribution is 5.87. The lowest BCUT2D eigenvalue weighted by molar-refractivity contribution is -0.120. The summed E-state index contributed by atoms with van der Waals surface area (Å²) in [5.74, 6) is 1.88. The Kier molecular flexibility index (Phi) is 7.48. The van der Waals surface area contributed by atoms with E-state index in [2.05, 4.69) is 53.8 Å². The summed E-state index contributed by atoms with van der Waals surface area (Å²) >= 11 is 0. The highest BCUT2D eigenvalue weighted by atomic mass is 16.5. The van der Waals surface area contributed by atoms with E-state index in [9.17, 15) is 0 Å². The van der Waals surface area contributed by atoms with Crippen LogP contribution in [0.25, 0.3) is 21.8 Å². The third kappa shape index (κ3) is 4.76. The van der Waals surface area contributed by atoms with E-state index in [0.717, 1.165) is 76.9 Å². The number of hydrogen-bond acceptors (Lipinski definition) is 8. The summed E-state index contributed by atoms with van der Waals surface area (Å²) < 4.78 is 22.3. The van der Waals surface area contributed by atoms with Gasteiger partial charge in [-0.2, -0.15) is 0 Å². The van der Waals surface area contributed by atoms with Crippen molar-refractivity contribution in [3.8, 4) is 11.5 Å². The number of H-pyrrole nitrogens is 2. The van der Waals surface area contributed by atoms with Gasteiger partial charge in [-0.3, -0.25) is 19.6 Å². The molecule has 4 aromatic rings. The summed E-state index contributed by atoms with van der Waals surface area (Å²) in [6.45, 7) is 10.2. The maximum Gasteiger partial charge on any atom is 0.119 e. The van der Waals surface area contributed by atoms with E-state index in [0.29, 0.717) is 24.4 Å². The fourth-order valence-electron chi connectivity index (χ4n) is 9.27. The average molecular weight is 627 g/mol. The van der Waals surface area contributed by atoms with Crippen molar-refractivity contribution in [1.82, 2.24) is 29.6 Å². The number of nitrogens with zero attached hydrogens (tertiary/aromatic N) is 4. The van der Waals surface area contributed by atoms with Crippen molar-refractivity contribution in [3.05, 3.63) is 58.9 Å². The molecule has 4 fully saturated rings. The van der Waals surface area contributed by atoms with Crippen molar-refractivity contribution in [2.24, 2.45) is 0 Å². The molecule has 4 saturated heterocycles. The van der Waals surface area contributed by atoms with Crippen molar-refractivity contribution < 1.29 is 18.9 Å². The molecule has 4 atom stereocenters. The molecule has 10 rings (SSSR count). The summed E-state index contributed by atoms with van der Waals surface area (Å²) in [6, 6.07) is 13.7. The van der Waals surface area contributed by atoms with Crippen LogP contribution in [0, 0.1) is 0 Å². The molecule has 0 bridgehead atoms. The second kappa shape index (κ2) is 11.8. The number of rotatable bonds is 2. The van der Waals surface area contributed by atoms with Gasteiger partial charge in [-0.05, 0) is 73.2 Å². The lowest BCUT2D eigenvalue weighted by Crippen LogP contribution is -2.61. The van der Waals surface area contributed by atoms with Crippen LogP contribution in [0.4, 0.5) is 0 Å². The van der Waals surface area contributed by atoms with Crippen molar-refractivity contribution in [2.75, 3.05) is 79.9 Å². The number of morpholine rings is 2. The van der Waals surface area contributed by atoms with Gasteiger partial charge in [-0.1, -0.05) is 0 Å². The number of nitrogens with one attached hydrogen (secondary N) is 2. The average Bonchev–Trinajstić information content (AvgIpc) is 3.69. The van der Waals surface area contributed by atoms with Crippen LogP contribution < -0.4 is 9.47 Å². The molecule has 0 radical (unpaired) electrons. The first-order valence-electron chi connectivity index (χ1n) is 17.2. The van der Waals surface area contributed by atoms with Crippen molar-refractivity contribution >= 4 is 21.8 Å². The SMILES string of the molecule is COc1ccc2[nH]c3c(c2c1)CCN1[C@@H]3CCN2CCOC[C@H]21.COc1ccc2[nH]c3c(c2c1)CCN1[C@H]3CCN2CCOC[C@@H]21. The van der Waals surface area contributed by atoms with Crippen LogP contribution >= 0.6 is 0 Å². The second-order valence-corrected chi connectivity index (χ2v) is 13.6. The summed E-state index contributed by atoms with van der Waals surface area (Å²) in [7, 11) is 3.47. The maximum absolute atomic E-state index is 5.76. The first kappa shape index (κ1) is 29.1. The predicted octanol–water partition coefficient (Wildman–Crippen LogP) is 4.28. The Bertz CT molecular complexity index is 1610. The molecule has 244 valence electrons. The highest BCUT2D eigenvalue weighted by Crippen LogP contribution is 2.43. The number of methoxy groups -OCH3 is 2. The summed E-state index contributed by atoms with van der Waals surface area (Å²) in [4.78, 5) is 17.9. The van der Waals surface area contributed by atoms with Gasteiger partial charge in [-0.15, -0.1) is 0 Å². The topological polar surface area (TPSA) is 81.5 Å². The molecule has 10 nitrogen and oxygen atoms in total. The molecule has 46 heavy (non-hydrogen) atoms. The van der Waals surface area contributed by atoms with Gasteiger partial charge in [0.2, 0.25) is 0 Å². The molecule has 2 N–H and O–H groups in total. The smallest absolute Gasteiger partial charge is 0.119 e. The normalized spacial score (nSPS) is 28.2. The van der Waals surface area contributed by atoms with Gasteiger partial charge < -0.3 is 28.9 Å². The fourth-order valence-corrected chi connectivity index (χ4v) is 9.27. The van der Waals surface area contributed by atoms with E-state index in [-0.39, 0.29) is 0 Å². The Balaban J connectivity index is 0.000000127. The minimum absolute atomic E-state index is 0.455. The second-order valence-electron chi connectivity index (χ2n) is 13.6. The molecule has 2 aromatic carbocycles. The molecule has 0 spiro atoms. The van der Waals surface area contributed by atoms with Crippen LogP contribution in [0.1, 0.15) is 47.4 Å². The zero-order valence-corrected chi connectivity index (χ0v) is 27.1. The number of ether oxygens (including phenoxy) is 4. The van der Waals surface area contributed by atoms with Gasteiger partial charge in [0, 0.05) is 72.5 Å². The van der Waals surface area contributed by atoms with E-state index < -0.39 is 0 Å². The van der Waals surface area contributed by atoms with Gasteiger partial charge >= 0.3 is 0 Å². The molecule has 2 aromatic heterocycles. The largest absolute Gasteiger partial charge is 0.497 e. The maximum atomic E-state index is 5.76. The van der Waals surface area contributed by atoms with Crippen LogP contribution in [0.3, 0.4) is 0 Å². The molecule has 8 heterocycles. The molecule has 0 unspecified atom stereocenters. The van der Waals surface area contributed by atoms with Gasteiger partial charge in [-0.25, -0.2) is 0 Å². The molecule has 10 heteroatoms. The number of benzene rings is 2. The Labute approximate surface area is 270 Å². The fraction of sp³-hybridized carbons (Fsp3) is 0.556. The van der Waals surface area contributed by atoms with Gasteiger partial charge in [0.1, 0.15) is 11.5 Å². The van der Waals surface area contributed by atoms with E-state index in [4.69, 9.17) is 18.9 Å². The van der Waals surface area contributed by atoms with Crippen molar-refractivity contribution in [3.63, 3.8) is 0 Å². The Hall–Kier alpha value is -3.12.